The Bertz CT molecular complexity index is 1260. The molecule has 9 heteroatoms. The Morgan fingerprint density at radius 2 is 1.83 bits per heavy atom. The number of halogens is 1. The molecule has 30 heavy (non-hydrogen) atoms. The minimum Gasteiger partial charge on any atom is -0.492 e. The van der Waals surface area contributed by atoms with Gasteiger partial charge in [0.15, 0.2) is 5.13 Å². The molecule has 154 valence electrons. The highest BCUT2D eigenvalue weighted by Crippen LogP contribution is 2.30. The lowest BCUT2D eigenvalue weighted by Gasteiger charge is -2.13. The molecule has 0 amide bonds. The van der Waals surface area contributed by atoms with Crippen LogP contribution in [0.4, 0.5) is 10.8 Å². The van der Waals surface area contributed by atoms with Gasteiger partial charge in [0.1, 0.15) is 12.4 Å². The van der Waals surface area contributed by atoms with E-state index in [1.165, 1.54) is 11.3 Å². The fourth-order valence-electron chi connectivity index (χ4n) is 3.02. The van der Waals surface area contributed by atoms with Crippen LogP contribution in [0.5, 0.6) is 5.75 Å². The third kappa shape index (κ3) is 4.67. The van der Waals surface area contributed by atoms with Crippen LogP contribution in [0.25, 0.3) is 10.8 Å². The Hall–Kier alpha value is -2.81. The van der Waals surface area contributed by atoms with Crippen LogP contribution < -0.4 is 14.8 Å². The molecule has 0 saturated heterocycles. The second-order valence-electron chi connectivity index (χ2n) is 6.33. The summed E-state index contributed by atoms with van der Waals surface area (Å²) in [5.41, 5.74) is 0.827. The van der Waals surface area contributed by atoms with Gasteiger partial charge in [0.2, 0.25) is 0 Å². The fourth-order valence-corrected chi connectivity index (χ4v) is 5.22. The number of nitrogens with one attached hydrogen (secondary N) is 2. The van der Waals surface area contributed by atoms with E-state index in [4.69, 9.17) is 16.3 Å². The number of thiazole rings is 1. The van der Waals surface area contributed by atoms with Crippen molar-refractivity contribution in [2.75, 3.05) is 23.2 Å². The number of ether oxygens (including phenoxy) is 1. The Labute approximate surface area is 183 Å². The second kappa shape index (κ2) is 8.91. The maximum absolute atomic E-state index is 12.9. The highest BCUT2D eigenvalue weighted by Gasteiger charge is 2.19. The van der Waals surface area contributed by atoms with E-state index in [-0.39, 0.29) is 4.90 Å². The summed E-state index contributed by atoms with van der Waals surface area (Å²) in [6, 6.07) is 17.9. The zero-order chi connectivity index (χ0) is 21.0. The molecule has 4 aromatic rings. The first-order valence-electron chi connectivity index (χ1n) is 9.09. The first-order valence-corrected chi connectivity index (χ1v) is 11.8. The van der Waals surface area contributed by atoms with E-state index in [2.05, 4.69) is 15.0 Å². The number of hydrogen-bond donors (Lipinski definition) is 2. The SMILES string of the molecule is O=S(=O)(Nc1nccs1)c1cccc2c(NCCOc3cccc(Cl)c3)cccc12. The van der Waals surface area contributed by atoms with Crippen LogP contribution >= 0.6 is 22.9 Å². The van der Waals surface area contributed by atoms with Gasteiger partial charge in [-0.3, -0.25) is 4.72 Å². The summed E-state index contributed by atoms with van der Waals surface area (Å²) in [6.45, 7) is 0.973. The van der Waals surface area contributed by atoms with Gasteiger partial charge in [-0.2, -0.15) is 0 Å². The van der Waals surface area contributed by atoms with Gasteiger partial charge in [0.05, 0.1) is 4.90 Å². The standard InChI is InChI=1S/C21H18ClN3O3S2/c22-15-4-1-5-16(14-15)28-12-10-23-19-8-2-7-18-17(19)6-3-9-20(18)30(26,27)25-21-24-11-13-29-21/h1-9,11,13-14,23H,10,12H2,(H,24,25). The molecular formula is C21H18ClN3O3S2. The van der Waals surface area contributed by atoms with Gasteiger partial charge in [0, 0.05) is 39.6 Å². The number of rotatable bonds is 8. The van der Waals surface area contributed by atoms with Gasteiger partial charge in [0.25, 0.3) is 10.0 Å². The molecule has 6 nitrogen and oxygen atoms in total. The Morgan fingerprint density at radius 3 is 2.63 bits per heavy atom. The maximum Gasteiger partial charge on any atom is 0.264 e. The van der Waals surface area contributed by atoms with Crippen LogP contribution in [0.3, 0.4) is 0 Å². The summed E-state index contributed by atoms with van der Waals surface area (Å²) in [7, 11) is -3.76. The topological polar surface area (TPSA) is 80.3 Å². The molecule has 0 aliphatic carbocycles. The van der Waals surface area contributed by atoms with Crippen LogP contribution in [0, 0.1) is 0 Å². The van der Waals surface area contributed by atoms with E-state index in [1.54, 1.807) is 41.9 Å². The van der Waals surface area contributed by atoms with E-state index in [0.717, 1.165) is 11.1 Å². The molecule has 2 N–H and O–H groups in total. The average molecular weight is 460 g/mol. The van der Waals surface area contributed by atoms with Crippen molar-refractivity contribution in [3.05, 3.63) is 77.3 Å². The van der Waals surface area contributed by atoms with E-state index in [1.807, 2.05) is 30.3 Å². The number of anilines is 2. The molecule has 4 rings (SSSR count). The Kier molecular flexibility index (Phi) is 6.08. The molecule has 0 atom stereocenters. The highest BCUT2D eigenvalue weighted by molar-refractivity contribution is 7.93. The van der Waals surface area contributed by atoms with Crippen molar-refractivity contribution in [2.24, 2.45) is 0 Å². The molecule has 0 fully saturated rings. The molecular weight excluding hydrogens is 442 g/mol. The Morgan fingerprint density at radius 1 is 1.03 bits per heavy atom. The second-order valence-corrected chi connectivity index (χ2v) is 9.31. The summed E-state index contributed by atoms with van der Waals surface area (Å²) in [4.78, 5) is 4.20. The van der Waals surface area contributed by atoms with Crippen molar-refractivity contribution in [2.45, 2.75) is 4.90 Å². The summed E-state index contributed by atoms with van der Waals surface area (Å²) < 4.78 is 34.0. The minimum atomic E-state index is -3.76. The van der Waals surface area contributed by atoms with Crippen molar-refractivity contribution in [1.29, 1.82) is 0 Å². The molecule has 0 radical (unpaired) electrons. The molecule has 0 bridgehead atoms. The molecule has 0 unspecified atom stereocenters. The number of fused-ring (bicyclic) bond motifs is 1. The van der Waals surface area contributed by atoms with Crippen molar-refractivity contribution < 1.29 is 13.2 Å². The van der Waals surface area contributed by atoms with Crippen molar-refractivity contribution in [3.8, 4) is 5.75 Å². The average Bonchev–Trinajstić information content (AvgIpc) is 3.23. The number of aromatic nitrogens is 1. The molecule has 1 heterocycles. The zero-order valence-corrected chi connectivity index (χ0v) is 18.1. The number of benzene rings is 3. The Balaban J connectivity index is 1.52. The first kappa shape index (κ1) is 20.5. The molecule has 3 aromatic carbocycles. The number of hydrogen-bond acceptors (Lipinski definition) is 6. The summed E-state index contributed by atoms with van der Waals surface area (Å²) in [6.07, 6.45) is 1.55. The summed E-state index contributed by atoms with van der Waals surface area (Å²) in [5.74, 6) is 0.698. The predicted octanol–water partition coefficient (Wildman–Crippen LogP) is 5.24. The van der Waals surface area contributed by atoms with Crippen LogP contribution in [-0.4, -0.2) is 26.6 Å². The van der Waals surface area contributed by atoms with Crippen LogP contribution in [0.15, 0.2) is 77.1 Å². The van der Waals surface area contributed by atoms with E-state index >= 15 is 0 Å². The lowest BCUT2D eigenvalue weighted by atomic mass is 10.1. The zero-order valence-electron chi connectivity index (χ0n) is 15.7. The summed E-state index contributed by atoms with van der Waals surface area (Å²) in [5, 5.41) is 7.42. The smallest absolute Gasteiger partial charge is 0.264 e. The highest BCUT2D eigenvalue weighted by atomic mass is 35.5. The fraction of sp³-hybridized carbons (Fsp3) is 0.0952. The normalized spacial score (nSPS) is 11.4. The predicted molar refractivity (Wildman–Crippen MR) is 122 cm³/mol. The maximum atomic E-state index is 12.9. The van der Waals surface area contributed by atoms with Gasteiger partial charge < -0.3 is 10.1 Å². The van der Waals surface area contributed by atoms with E-state index in [9.17, 15) is 8.42 Å². The quantitative estimate of drug-likeness (QED) is 0.352. The third-order valence-electron chi connectivity index (χ3n) is 4.31. The monoisotopic (exact) mass is 459 g/mol. The lowest BCUT2D eigenvalue weighted by molar-refractivity contribution is 0.333. The molecule has 0 aliphatic rings. The van der Waals surface area contributed by atoms with Gasteiger partial charge >= 0.3 is 0 Å². The molecule has 0 aliphatic heterocycles. The van der Waals surface area contributed by atoms with Crippen molar-refractivity contribution in [3.63, 3.8) is 0 Å². The lowest BCUT2D eigenvalue weighted by Crippen LogP contribution is -2.14. The van der Waals surface area contributed by atoms with Crippen LogP contribution in [0.2, 0.25) is 5.02 Å². The van der Waals surface area contributed by atoms with Crippen LogP contribution in [0.1, 0.15) is 0 Å². The third-order valence-corrected chi connectivity index (χ3v) is 6.76. The number of nitrogens with zero attached hydrogens (tertiary/aromatic N) is 1. The largest absolute Gasteiger partial charge is 0.492 e. The molecule has 0 spiro atoms. The van der Waals surface area contributed by atoms with Crippen molar-refractivity contribution in [1.82, 2.24) is 4.98 Å². The van der Waals surface area contributed by atoms with Crippen molar-refractivity contribution >= 4 is 54.6 Å². The molecule has 1 aromatic heterocycles. The van der Waals surface area contributed by atoms with E-state index < -0.39 is 10.0 Å². The summed E-state index contributed by atoms with van der Waals surface area (Å²) >= 11 is 7.19. The number of sulfonamides is 1. The van der Waals surface area contributed by atoms with E-state index in [0.29, 0.717) is 34.4 Å². The van der Waals surface area contributed by atoms with Gasteiger partial charge in [-0.1, -0.05) is 41.9 Å². The first-order chi connectivity index (χ1) is 14.5. The minimum absolute atomic E-state index is 0.203. The van der Waals surface area contributed by atoms with Gasteiger partial charge in [-0.05, 0) is 30.3 Å². The van der Waals surface area contributed by atoms with Crippen LogP contribution in [-0.2, 0) is 10.0 Å². The van der Waals surface area contributed by atoms with Gasteiger partial charge in [-0.25, -0.2) is 13.4 Å². The van der Waals surface area contributed by atoms with Gasteiger partial charge in [-0.15, -0.1) is 11.3 Å². The molecule has 0 saturated carbocycles.